The molecule has 2 aromatic carbocycles. The van der Waals surface area contributed by atoms with Crippen LogP contribution in [0.25, 0.3) is 0 Å². The molecule has 2 amide bonds. The zero-order valence-corrected chi connectivity index (χ0v) is 19.0. The molecule has 1 fully saturated rings. The van der Waals surface area contributed by atoms with Crippen LogP contribution in [0.2, 0.25) is 0 Å². The van der Waals surface area contributed by atoms with Gasteiger partial charge in [-0.1, -0.05) is 6.07 Å². The highest BCUT2D eigenvalue weighted by molar-refractivity contribution is 5.97. The van der Waals surface area contributed by atoms with E-state index < -0.39 is 0 Å². The maximum atomic E-state index is 13.6. The van der Waals surface area contributed by atoms with Crippen LogP contribution in [0, 0.1) is 0 Å². The van der Waals surface area contributed by atoms with Crippen LogP contribution in [-0.4, -0.2) is 47.8 Å². The van der Waals surface area contributed by atoms with Crippen LogP contribution in [0.5, 0.6) is 23.0 Å². The minimum absolute atomic E-state index is 0.0246. The Morgan fingerprint density at radius 1 is 0.829 bits per heavy atom. The lowest BCUT2D eigenvalue weighted by Gasteiger charge is -2.27. The summed E-state index contributed by atoms with van der Waals surface area (Å²) in [5.74, 6) is 2.81. The fourth-order valence-electron chi connectivity index (χ4n) is 4.28. The Balaban J connectivity index is 1.22. The Morgan fingerprint density at radius 2 is 1.54 bits per heavy atom. The molecule has 0 saturated heterocycles. The van der Waals surface area contributed by atoms with Crippen molar-refractivity contribution in [1.82, 2.24) is 9.80 Å². The highest BCUT2D eigenvalue weighted by atomic mass is 16.7. The molecule has 6 rings (SSSR count). The molecule has 9 heteroatoms. The van der Waals surface area contributed by atoms with Gasteiger partial charge in [-0.25, -0.2) is 0 Å². The molecule has 3 heterocycles. The van der Waals surface area contributed by atoms with Gasteiger partial charge in [0.25, 0.3) is 5.91 Å². The topological polar surface area (TPSA) is 90.7 Å². The van der Waals surface area contributed by atoms with Crippen LogP contribution in [0.15, 0.2) is 59.2 Å². The van der Waals surface area contributed by atoms with Gasteiger partial charge in [0.05, 0.1) is 12.8 Å². The molecular formula is C26H24N2O7. The van der Waals surface area contributed by atoms with Gasteiger partial charge in [-0.15, -0.1) is 0 Å². The lowest BCUT2D eigenvalue weighted by atomic mass is 10.1. The smallest absolute Gasteiger partial charge is 0.254 e. The first kappa shape index (κ1) is 21.4. The molecule has 35 heavy (non-hydrogen) atoms. The van der Waals surface area contributed by atoms with E-state index >= 15 is 0 Å². The highest BCUT2D eigenvalue weighted by Crippen LogP contribution is 2.35. The Bertz CT molecular complexity index is 1250. The lowest BCUT2D eigenvalue weighted by molar-refractivity contribution is -0.133. The largest absolute Gasteiger partial charge is 0.467 e. The second-order valence-electron chi connectivity index (χ2n) is 8.75. The third-order valence-corrected chi connectivity index (χ3v) is 6.26. The van der Waals surface area contributed by atoms with Crippen LogP contribution in [-0.2, 0) is 17.9 Å². The fourth-order valence-corrected chi connectivity index (χ4v) is 4.28. The summed E-state index contributed by atoms with van der Waals surface area (Å²) in [4.78, 5) is 30.3. The minimum Gasteiger partial charge on any atom is -0.467 e. The van der Waals surface area contributed by atoms with Crippen molar-refractivity contribution in [3.05, 3.63) is 71.7 Å². The molecule has 9 nitrogen and oxygen atoms in total. The van der Waals surface area contributed by atoms with E-state index in [9.17, 15) is 9.59 Å². The number of amides is 2. The quantitative estimate of drug-likeness (QED) is 0.491. The van der Waals surface area contributed by atoms with Crippen molar-refractivity contribution in [3.63, 3.8) is 0 Å². The number of carbonyl (C=O) groups is 2. The fraction of sp³-hybridized carbons (Fsp3) is 0.308. The minimum atomic E-state index is -0.194. The number of ether oxygens (including phenoxy) is 4. The molecule has 1 aliphatic carbocycles. The maximum Gasteiger partial charge on any atom is 0.254 e. The van der Waals surface area contributed by atoms with Gasteiger partial charge in [-0.2, -0.15) is 0 Å². The molecule has 0 spiro atoms. The molecule has 1 aromatic heterocycles. The maximum absolute atomic E-state index is 13.6. The molecule has 0 bridgehead atoms. The predicted octanol–water partition coefficient (Wildman–Crippen LogP) is 3.57. The van der Waals surface area contributed by atoms with Crippen molar-refractivity contribution in [2.75, 3.05) is 20.1 Å². The van der Waals surface area contributed by atoms with Crippen molar-refractivity contribution >= 4 is 11.8 Å². The first-order valence-corrected chi connectivity index (χ1v) is 11.5. The van der Waals surface area contributed by atoms with Gasteiger partial charge in [-0.05, 0) is 60.9 Å². The Kier molecular flexibility index (Phi) is 5.44. The zero-order chi connectivity index (χ0) is 23.8. The molecule has 3 aliphatic rings. The molecule has 1 saturated carbocycles. The van der Waals surface area contributed by atoms with Crippen molar-refractivity contribution < 1.29 is 33.0 Å². The Labute approximate surface area is 201 Å². The van der Waals surface area contributed by atoms with Gasteiger partial charge < -0.3 is 33.2 Å². The van der Waals surface area contributed by atoms with Crippen LogP contribution in [0.4, 0.5) is 0 Å². The van der Waals surface area contributed by atoms with E-state index in [1.807, 2.05) is 24.3 Å². The van der Waals surface area contributed by atoms with Crippen molar-refractivity contribution in [2.45, 2.75) is 32.0 Å². The average Bonchev–Trinajstić information content (AvgIpc) is 3.25. The van der Waals surface area contributed by atoms with E-state index in [1.54, 1.807) is 40.3 Å². The molecule has 180 valence electrons. The number of hydrogen-bond donors (Lipinski definition) is 0. The van der Waals surface area contributed by atoms with Gasteiger partial charge in [0.15, 0.2) is 23.0 Å². The van der Waals surface area contributed by atoms with E-state index in [2.05, 4.69) is 0 Å². The second-order valence-corrected chi connectivity index (χ2v) is 8.75. The number of furan rings is 1. The number of fused-ring (bicyclic) bond motifs is 2. The number of nitrogens with zero attached hydrogens (tertiary/aromatic N) is 2. The predicted molar refractivity (Wildman–Crippen MR) is 122 cm³/mol. The van der Waals surface area contributed by atoms with Gasteiger partial charge >= 0.3 is 0 Å². The number of carbonyl (C=O) groups excluding carboxylic acids is 2. The standard InChI is InChI=1S/C26H24N2O7/c29-25(14-28(19-5-6-19)26(30)18-4-8-22-24(11-18)35-16-33-22)27(13-20-2-1-9-31-20)12-17-3-7-21-23(10-17)34-15-32-21/h1-4,7-11,19H,5-6,12-16H2. The summed E-state index contributed by atoms with van der Waals surface area (Å²) in [6.45, 7) is 0.929. The Morgan fingerprint density at radius 3 is 2.26 bits per heavy atom. The number of benzene rings is 2. The van der Waals surface area contributed by atoms with Crippen molar-refractivity contribution in [1.29, 1.82) is 0 Å². The molecule has 0 atom stereocenters. The molecule has 0 radical (unpaired) electrons. The van der Waals surface area contributed by atoms with E-state index in [4.69, 9.17) is 23.4 Å². The number of hydrogen-bond acceptors (Lipinski definition) is 7. The third kappa shape index (κ3) is 4.49. The van der Waals surface area contributed by atoms with E-state index in [0.29, 0.717) is 40.9 Å². The summed E-state index contributed by atoms with van der Waals surface area (Å²) in [6.07, 6.45) is 3.34. The zero-order valence-electron chi connectivity index (χ0n) is 19.0. The monoisotopic (exact) mass is 476 g/mol. The summed E-state index contributed by atoms with van der Waals surface area (Å²) in [6, 6.07) is 14.4. The van der Waals surface area contributed by atoms with Gasteiger partial charge in [0, 0.05) is 18.2 Å². The normalized spacial score (nSPS) is 15.2. The second kappa shape index (κ2) is 8.90. The van der Waals surface area contributed by atoms with Gasteiger partial charge in [0.2, 0.25) is 19.5 Å². The van der Waals surface area contributed by atoms with Crippen molar-refractivity contribution in [2.24, 2.45) is 0 Å². The first-order valence-electron chi connectivity index (χ1n) is 11.5. The van der Waals surface area contributed by atoms with E-state index in [1.165, 1.54) is 0 Å². The average molecular weight is 476 g/mol. The third-order valence-electron chi connectivity index (χ3n) is 6.26. The van der Waals surface area contributed by atoms with Crippen LogP contribution in [0.1, 0.15) is 34.5 Å². The van der Waals surface area contributed by atoms with Crippen molar-refractivity contribution in [3.8, 4) is 23.0 Å². The van der Waals surface area contributed by atoms with E-state index in [0.717, 1.165) is 18.4 Å². The molecule has 3 aromatic rings. The van der Waals surface area contributed by atoms with Gasteiger partial charge in [-0.3, -0.25) is 9.59 Å². The number of rotatable bonds is 8. The molecule has 0 unspecified atom stereocenters. The van der Waals surface area contributed by atoms with Crippen LogP contribution >= 0.6 is 0 Å². The SMILES string of the molecule is O=C(CN(C(=O)c1ccc2c(c1)OCO2)C1CC1)N(Cc1ccc2c(c1)OCO2)Cc1ccco1. The van der Waals surface area contributed by atoms with Crippen LogP contribution in [0.3, 0.4) is 0 Å². The summed E-state index contributed by atoms with van der Waals surface area (Å²) >= 11 is 0. The summed E-state index contributed by atoms with van der Waals surface area (Å²) < 4.78 is 27.2. The van der Waals surface area contributed by atoms with E-state index in [-0.39, 0.29) is 44.5 Å². The summed E-state index contributed by atoms with van der Waals surface area (Å²) in [7, 11) is 0. The molecule has 2 aliphatic heterocycles. The summed E-state index contributed by atoms with van der Waals surface area (Å²) in [5, 5.41) is 0. The molecule has 0 N–H and O–H groups in total. The lowest BCUT2D eigenvalue weighted by Crippen LogP contribution is -2.43. The first-order chi connectivity index (χ1) is 17.1. The highest BCUT2D eigenvalue weighted by Gasteiger charge is 2.36. The Hall–Kier alpha value is -4.14. The molecular weight excluding hydrogens is 452 g/mol. The van der Waals surface area contributed by atoms with Crippen LogP contribution < -0.4 is 18.9 Å². The summed E-state index contributed by atoms with van der Waals surface area (Å²) in [5.41, 5.74) is 1.37. The van der Waals surface area contributed by atoms with Gasteiger partial charge in [0.1, 0.15) is 12.3 Å².